The average molecular weight is 529 g/mol. The number of carbonyl (C=O) groups is 3. The number of esters is 1. The number of amides is 2. The van der Waals surface area contributed by atoms with Crippen LogP contribution in [0.2, 0.25) is 0 Å². The zero-order valence-electron chi connectivity index (χ0n) is 24.1. The van der Waals surface area contributed by atoms with E-state index in [1.54, 1.807) is 0 Å². The van der Waals surface area contributed by atoms with Gasteiger partial charge < -0.3 is 19.7 Å². The molecule has 4 aliphatic rings. The predicted molar refractivity (Wildman–Crippen MR) is 147 cm³/mol. The van der Waals surface area contributed by atoms with Crippen LogP contribution in [0.15, 0.2) is 23.4 Å². The highest BCUT2D eigenvalue weighted by molar-refractivity contribution is 5.92. The molecule has 2 aliphatic heterocycles. The summed E-state index contributed by atoms with van der Waals surface area (Å²) in [6.07, 6.45) is 12.4. The molecule has 1 saturated heterocycles. The van der Waals surface area contributed by atoms with E-state index >= 15 is 0 Å². The van der Waals surface area contributed by atoms with E-state index in [1.807, 2.05) is 11.0 Å². The van der Waals surface area contributed by atoms with Crippen LogP contribution in [0.1, 0.15) is 91.9 Å². The smallest absolute Gasteiger partial charge is 0.320 e. The van der Waals surface area contributed by atoms with E-state index in [9.17, 15) is 14.4 Å². The van der Waals surface area contributed by atoms with Crippen molar-refractivity contribution in [3.8, 4) is 0 Å². The van der Waals surface area contributed by atoms with Crippen molar-refractivity contribution in [3.63, 3.8) is 0 Å². The number of hydrogen-bond acceptors (Lipinski definition) is 5. The minimum atomic E-state index is -1.07. The Morgan fingerprint density at radius 1 is 1.21 bits per heavy atom. The number of carbonyl (C=O) groups excluding carboxylic acids is 3. The molecule has 7 heteroatoms. The number of allylic oxidation sites excluding steroid dienone is 1. The van der Waals surface area contributed by atoms with Gasteiger partial charge in [-0.3, -0.25) is 14.4 Å². The highest BCUT2D eigenvalue weighted by atomic mass is 16.5. The number of methoxy groups -OCH3 is 1. The van der Waals surface area contributed by atoms with Gasteiger partial charge in [-0.2, -0.15) is 0 Å². The van der Waals surface area contributed by atoms with Crippen molar-refractivity contribution in [1.82, 2.24) is 10.2 Å². The summed E-state index contributed by atoms with van der Waals surface area (Å²) in [5.74, 6) is -0.165. The molecule has 2 fully saturated rings. The van der Waals surface area contributed by atoms with Gasteiger partial charge in [0.25, 0.3) is 0 Å². The first-order chi connectivity index (χ1) is 18.2. The highest BCUT2D eigenvalue weighted by Crippen LogP contribution is 2.56. The Balaban J connectivity index is 1.69. The van der Waals surface area contributed by atoms with Crippen LogP contribution in [-0.2, 0) is 23.9 Å². The summed E-state index contributed by atoms with van der Waals surface area (Å²) in [7, 11) is 1.43. The molecule has 0 unspecified atom stereocenters. The minimum absolute atomic E-state index is 0.0508. The van der Waals surface area contributed by atoms with E-state index in [1.165, 1.54) is 25.5 Å². The average Bonchev–Trinajstić information content (AvgIpc) is 3.73. The van der Waals surface area contributed by atoms with E-state index in [2.05, 4.69) is 39.1 Å². The van der Waals surface area contributed by atoms with E-state index in [0.717, 1.165) is 44.2 Å². The van der Waals surface area contributed by atoms with Gasteiger partial charge in [0.1, 0.15) is 5.41 Å². The molecule has 2 aliphatic carbocycles. The lowest BCUT2D eigenvalue weighted by molar-refractivity contribution is -0.182. The molecule has 0 aromatic heterocycles. The lowest BCUT2D eigenvalue weighted by Gasteiger charge is -2.53. The maximum absolute atomic E-state index is 14.1. The molecule has 0 radical (unpaired) electrons. The van der Waals surface area contributed by atoms with Gasteiger partial charge in [-0.1, -0.05) is 39.3 Å². The van der Waals surface area contributed by atoms with Gasteiger partial charge in [0.15, 0.2) is 0 Å². The van der Waals surface area contributed by atoms with Gasteiger partial charge in [-0.15, -0.1) is 0 Å². The first kappa shape index (κ1) is 28.8. The first-order valence-corrected chi connectivity index (χ1v) is 14.9. The highest BCUT2D eigenvalue weighted by Gasteiger charge is 2.63. The summed E-state index contributed by atoms with van der Waals surface area (Å²) in [4.78, 5) is 42.7. The molecule has 38 heavy (non-hydrogen) atoms. The number of nitrogens with one attached hydrogen (secondary N) is 1. The molecule has 1 N–H and O–H groups in total. The van der Waals surface area contributed by atoms with Crippen LogP contribution >= 0.6 is 0 Å². The summed E-state index contributed by atoms with van der Waals surface area (Å²) < 4.78 is 12.1. The second-order valence-corrected chi connectivity index (χ2v) is 12.6. The fourth-order valence-corrected chi connectivity index (χ4v) is 6.46. The molecular weight excluding hydrogens is 480 g/mol. The number of piperidine rings is 1. The van der Waals surface area contributed by atoms with E-state index < -0.39 is 11.3 Å². The van der Waals surface area contributed by atoms with Crippen molar-refractivity contribution in [2.24, 2.45) is 29.1 Å². The van der Waals surface area contributed by atoms with Gasteiger partial charge in [0.2, 0.25) is 11.8 Å². The first-order valence-electron chi connectivity index (χ1n) is 14.9. The summed E-state index contributed by atoms with van der Waals surface area (Å²) >= 11 is 0. The standard InChI is InChI=1S/C31H48N2O5/c1-20(2)13-15-32-27(34)17-24-19-31(30(36)37-5)26(18-25(21(3)4)38-28(31)23-11-12-23)33(29(24)35)16-14-22-9-7-6-8-10-22/h9,18,20-21,23-25,28H,6-8,10-17,19H2,1-5H3,(H,32,34)/t24-,25+,28+,31+/m0/s1. The third-order valence-corrected chi connectivity index (χ3v) is 8.82. The monoisotopic (exact) mass is 528 g/mol. The van der Waals surface area contributed by atoms with Gasteiger partial charge in [-0.05, 0) is 81.6 Å². The van der Waals surface area contributed by atoms with Crippen LogP contribution in [0.5, 0.6) is 0 Å². The fourth-order valence-electron chi connectivity index (χ4n) is 6.46. The van der Waals surface area contributed by atoms with Crippen LogP contribution in [0.4, 0.5) is 0 Å². The van der Waals surface area contributed by atoms with Crippen LogP contribution < -0.4 is 5.32 Å². The maximum atomic E-state index is 14.1. The maximum Gasteiger partial charge on any atom is 0.320 e. The Morgan fingerprint density at radius 3 is 2.58 bits per heavy atom. The lowest BCUT2D eigenvalue weighted by atomic mass is 9.64. The SMILES string of the molecule is COC(=O)[C@]12C[C@H](CC(=O)NCCC(C)C)C(=O)N(CCC3=CCCCC3)C1=C[C@H](C(C)C)O[C@@H]2C1CC1. The molecule has 7 nitrogen and oxygen atoms in total. The quantitative estimate of drug-likeness (QED) is 0.296. The molecular formula is C31H48N2O5. The molecule has 0 spiro atoms. The Kier molecular flexibility index (Phi) is 9.38. The Bertz CT molecular complexity index is 950. The van der Waals surface area contributed by atoms with Crippen molar-refractivity contribution in [2.75, 3.05) is 20.2 Å². The molecule has 0 bridgehead atoms. The largest absolute Gasteiger partial charge is 0.468 e. The second kappa shape index (κ2) is 12.4. The van der Waals surface area contributed by atoms with Crippen LogP contribution in [0.3, 0.4) is 0 Å². The van der Waals surface area contributed by atoms with Crippen molar-refractivity contribution in [1.29, 1.82) is 0 Å². The van der Waals surface area contributed by atoms with Gasteiger partial charge >= 0.3 is 5.97 Å². The molecule has 0 aromatic rings. The topological polar surface area (TPSA) is 84.9 Å². The number of hydrogen-bond donors (Lipinski definition) is 1. The predicted octanol–water partition coefficient (Wildman–Crippen LogP) is 5.15. The van der Waals surface area contributed by atoms with Crippen LogP contribution in [0.25, 0.3) is 0 Å². The Morgan fingerprint density at radius 2 is 1.97 bits per heavy atom. The second-order valence-electron chi connectivity index (χ2n) is 12.6. The molecule has 1 saturated carbocycles. The molecule has 4 atom stereocenters. The fraction of sp³-hybridized carbons (Fsp3) is 0.774. The Hall–Kier alpha value is -2.15. The normalized spacial score (nSPS) is 29.6. The molecule has 212 valence electrons. The zero-order chi connectivity index (χ0) is 27.4. The van der Waals surface area contributed by atoms with Crippen molar-refractivity contribution in [2.45, 2.75) is 104 Å². The Labute approximate surface area is 228 Å². The number of rotatable bonds is 11. The summed E-state index contributed by atoms with van der Waals surface area (Å²) in [6, 6.07) is 0. The van der Waals surface area contributed by atoms with E-state index in [-0.39, 0.29) is 54.7 Å². The lowest BCUT2D eigenvalue weighted by Crippen LogP contribution is -2.62. The van der Waals surface area contributed by atoms with E-state index in [0.29, 0.717) is 19.0 Å². The summed E-state index contributed by atoms with van der Waals surface area (Å²) in [5, 5.41) is 3.00. The van der Waals surface area contributed by atoms with Gasteiger partial charge in [0, 0.05) is 31.1 Å². The van der Waals surface area contributed by atoms with Gasteiger partial charge in [-0.25, -0.2) is 0 Å². The molecule has 2 heterocycles. The van der Waals surface area contributed by atoms with Crippen molar-refractivity contribution in [3.05, 3.63) is 23.4 Å². The van der Waals surface area contributed by atoms with Crippen LogP contribution in [0, 0.1) is 29.1 Å². The molecule has 4 rings (SSSR count). The third-order valence-electron chi connectivity index (χ3n) is 8.82. The van der Waals surface area contributed by atoms with Gasteiger partial charge in [0.05, 0.1) is 19.3 Å². The minimum Gasteiger partial charge on any atom is -0.468 e. The van der Waals surface area contributed by atoms with E-state index in [4.69, 9.17) is 9.47 Å². The number of ether oxygens (including phenoxy) is 2. The molecule has 2 amide bonds. The number of fused-ring (bicyclic) bond motifs is 1. The number of nitrogens with zero attached hydrogens (tertiary/aromatic N) is 1. The third kappa shape index (κ3) is 6.19. The summed E-state index contributed by atoms with van der Waals surface area (Å²) in [5.41, 5.74) is 1.07. The van der Waals surface area contributed by atoms with Crippen molar-refractivity contribution < 1.29 is 23.9 Å². The van der Waals surface area contributed by atoms with Crippen molar-refractivity contribution >= 4 is 17.8 Å². The van der Waals surface area contributed by atoms with Crippen LogP contribution in [-0.4, -0.2) is 55.1 Å². The number of likely N-dealkylation sites (tertiary alicyclic amines) is 1. The zero-order valence-corrected chi connectivity index (χ0v) is 24.1. The molecule has 0 aromatic carbocycles. The summed E-state index contributed by atoms with van der Waals surface area (Å²) in [6.45, 7) is 9.58.